The van der Waals surface area contributed by atoms with Crippen LogP contribution in [0.25, 0.3) is 20.4 Å². The lowest BCUT2D eigenvalue weighted by Gasteiger charge is -2.03. The molecule has 132 valence electrons. The summed E-state index contributed by atoms with van der Waals surface area (Å²) >= 11 is 3.00. The number of hydrogen-bond donors (Lipinski definition) is 1. The van der Waals surface area contributed by atoms with Gasteiger partial charge >= 0.3 is 0 Å². The molecule has 0 saturated heterocycles. The van der Waals surface area contributed by atoms with Gasteiger partial charge in [-0.2, -0.15) is 0 Å². The first-order chi connectivity index (χ1) is 12.3. The molecule has 1 N–H and O–H groups in total. The second kappa shape index (κ2) is 6.11. The third kappa shape index (κ3) is 3.09. The average Bonchev–Trinajstić information content (AvgIpc) is 3.15. The highest BCUT2D eigenvalue weighted by atomic mass is 32.2. The molecule has 0 aliphatic rings. The Hall–Kier alpha value is -2.36. The molecular weight excluding hydrogens is 390 g/mol. The van der Waals surface area contributed by atoms with Gasteiger partial charge in [-0.25, -0.2) is 18.4 Å². The SMILES string of the molecule is Cc1nc2c(ccc3nc(NC(=O)c4ccc(S(C)(=O)=O)cc4)sc32)s1. The van der Waals surface area contributed by atoms with Gasteiger partial charge in [-0.05, 0) is 43.3 Å². The van der Waals surface area contributed by atoms with Crippen LogP contribution >= 0.6 is 22.7 Å². The van der Waals surface area contributed by atoms with E-state index in [1.807, 2.05) is 19.1 Å². The van der Waals surface area contributed by atoms with Crippen molar-refractivity contribution in [2.75, 3.05) is 11.6 Å². The standard InChI is InChI=1S/C17H13N3O3S3/c1-9-18-14-13(24-9)8-7-12-15(14)25-17(19-12)20-16(21)10-3-5-11(6-4-10)26(2,22)23/h3-8H,1-2H3,(H,19,20,21). The lowest BCUT2D eigenvalue weighted by molar-refractivity contribution is 0.102. The lowest BCUT2D eigenvalue weighted by atomic mass is 10.2. The second-order valence-corrected chi connectivity index (χ2v) is 10.0. The Morgan fingerprint density at radius 2 is 1.77 bits per heavy atom. The zero-order valence-electron chi connectivity index (χ0n) is 13.8. The molecule has 4 rings (SSSR count). The van der Waals surface area contributed by atoms with Crippen LogP contribution in [-0.2, 0) is 9.84 Å². The number of carbonyl (C=O) groups is 1. The Labute approximate surface area is 157 Å². The van der Waals surface area contributed by atoms with Crippen molar-refractivity contribution >= 4 is 64.0 Å². The molecule has 9 heteroatoms. The molecule has 1 amide bonds. The quantitative estimate of drug-likeness (QED) is 0.561. The van der Waals surface area contributed by atoms with Gasteiger partial charge in [-0.15, -0.1) is 11.3 Å². The van der Waals surface area contributed by atoms with E-state index in [1.165, 1.54) is 35.6 Å². The number of nitrogens with zero attached hydrogens (tertiary/aromatic N) is 2. The van der Waals surface area contributed by atoms with Gasteiger partial charge in [0, 0.05) is 11.8 Å². The molecule has 0 aliphatic carbocycles. The third-order valence-corrected chi connectivity index (χ3v) is 6.84. The highest BCUT2D eigenvalue weighted by Gasteiger charge is 2.14. The summed E-state index contributed by atoms with van der Waals surface area (Å²) < 4.78 is 25.0. The first-order valence-electron chi connectivity index (χ1n) is 7.59. The number of aryl methyl sites for hydroxylation is 1. The fourth-order valence-electron chi connectivity index (χ4n) is 2.56. The van der Waals surface area contributed by atoms with Gasteiger partial charge in [-0.3, -0.25) is 10.1 Å². The predicted molar refractivity (Wildman–Crippen MR) is 105 cm³/mol. The van der Waals surface area contributed by atoms with Gasteiger partial charge in [0.25, 0.3) is 5.91 Å². The number of sulfone groups is 1. The highest BCUT2D eigenvalue weighted by molar-refractivity contribution is 7.90. The summed E-state index contributed by atoms with van der Waals surface area (Å²) in [6.07, 6.45) is 1.13. The molecule has 0 spiro atoms. The number of benzene rings is 2. The van der Waals surface area contributed by atoms with Crippen molar-refractivity contribution in [2.45, 2.75) is 11.8 Å². The zero-order valence-corrected chi connectivity index (χ0v) is 16.3. The minimum Gasteiger partial charge on any atom is -0.298 e. The van der Waals surface area contributed by atoms with Crippen LogP contribution < -0.4 is 5.32 Å². The van der Waals surface area contributed by atoms with Crippen LogP contribution in [0.2, 0.25) is 0 Å². The van der Waals surface area contributed by atoms with E-state index in [2.05, 4.69) is 15.3 Å². The van der Waals surface area contributed by atoms with E-state index in [0.717, 1.165) is 31.7 Å². The van der Waals surface area contributed by atoms with Crippen molar-refractivity contribution in [3.8, 4) is 0 Å². The monoisotopic (exact) mass is 403 g/mol. The van der Waals surface area contributed by atoms with E-state index in [0.29, 0.717) is 10.7 Å². The van der Waals surface area contributed by atoms with E-state index < -0.39 is 9.84 Å². The Morgan fingerprint density at radius 3 is 2.46 bits per heavy atom. The van der Waals surface area contributed by atoms with Crippen LogP contribution in [0.1, 0.15) is 15.4 Å². The molecule has 0 atom stereocenters. The Morgan fingerprint density at radius 1 is 1.04 bits per heavy atom. The van der Waals surface area contributed by atoms with Crippen molar-refractivity contribution in [3.05, 3.63) is 47.0 Å². The molecule has 0 unspecified atom stereocenters. The smallest absolute Gasteiger partial charge is 0.257 e. The number of amides is 1. The van der Waals surface area contributed by atoms with E-state index in [4.69, 9.17) is 0 Å². The fourth-order valence-corrected chi connectivity index (χ4v) is 5.05. The molecule has 2 heterocycles. The number of thiazole rings is 2. The van der Waals surface area contributed by atoms with E-state index >= 15 is 0 Å². The number of hydrogen-bond acceptors (Lipinski definition) is 7. The summed E-state index contributed by atoms with van der Waals surface area (Å²) in [5.41, 5.74) is 2.06. The lowest BCUT2D eigenvalue weighted by Crippen LogP contribution is -2.11. The predicted octanol–water partition coefficient (Wildman–Crippen LogP) is 3.87. The van der Waals surface area contributed by atoms with E-state index in [-0.39, 0.29) is 10.8 Å². The molecule has 26 heavy (non-hydrogen) atoms. The third-order valence-electron chi connectivity index (χ3n) is 3.79. The molecule has 0 aliphatic heterocycles. The first-order valence-corrected chi connectivity index (χ1v) is 11.1. The van der Waals surface area contributed by atoms with Crippen LogP contribution in [-0.4, -0.2) is 30.5 Å². The molecular formula is C17H13N3O3S3. The fraction of sp³-hybridized carbons (Fsp3) is 0.118. The largest absolute Gasteiger partial charge is 0.298 e. The summed E-state index contributed by atoms with van der Waals surface area (Å²) in [5, 5.41) is 4.24. The minimum absolute atomic E-state index is 0.176. The number of nitrogens with one attached hydrogen (secondary N) is 1. The number of carbonyl (C=O) groups excluding carboxylic acids is 1. The first kappa shape index (κ1) is 17.1. The molecule has 2 aromatic carbocycles. The molecule has 6 nitrogen and oxygen atoms in total. The molecule has 2 aromatic heterocycles. The topological polar surface area (TPSA) is 89.0 Å². The number of anilines is 1. The number of rotatable bonds is 3. The van der Waals surface area contributed by atoms with Crippen molar-refractivity contribution < 1.29 is 13.2 Å². The highest BCUT2D eigenvalue weighted by Crippen LogP contribution is 2.34. The summed E-state index contributed by atoms with van der Waals surface area (Å²) in [6.45, 7) is 1.96. The van der Waals surface area contributed by atoms with Gasteiger partial charge in [0.2, 0.25) is 0 Å². The summed E-state index contributed by atoms with van der Waals surface area (Å²) in [6, 6.07) is 9.72. The molecule has 0 fully saturated rings. The molecule has 0 bridgehead atoms. The van der Waals surface area contributed by atoms with Gasteiger partial charge in [0.15, 0.2) is 15.0 Å². The van der Waals surface area contributed by atoms with Crippen LogP contribution in [0.5, 0.6) is 0 Å². The van der Waals surface area contributed by atoms with Crippen LogP contribution in [0.4, 0.5) is 5.13 Å². The maximum absolute atomic E-state index is 12.4. The maximum Gasteiger partial charge on any atom is 0.257 e. The normalized spacial score (nSPS) is 11.9. The maximum atomic E-state index is 12.4. The summed E-state index contributed by atoms with van der Waals surface area (Å²) in [7, 11) is -3.29. The van der Waals surface area contributed by atoms with Crippen molar-refractivity contribution in [3.63, 3.8) is 0 Å². The van der Waals surface area contributed by atoms with Crippen LogP contribution in [0.15, 0.2) is 41.3 Å². The number of aromatic nitrogens is 2. The van der Waals surface area contributed by atoms with Crippen LogP contribution in [0.3, 0.4) is 0 Å². The molecule has 0 radical (unpaired) electrons. The van der Waals surface area contributed by atoms with Crippen molar-refractivity contribution in [1.29, 1.82) is 0 Å². The Kier molecular flexibility index (Phi) is 4.02. The Bertz CT molecular complexity index is 1260. The van der Waals surface area contributed by atoms with Crippen molar-refractivity contribution in [1.82, 2.24) is 9.97 Å². The van der Waals surface area contributed by atoms with Crippen molar-refractivity contribution in [2.24, 2.45) is 0 Å². The molecule has 4 aromatic rings. The van der Waals surface area contributed by atoms with Gasteiger partial charge in [0.05, 0.1) is 24.8 Å². The summed E-state index contributed by atoms with van der Waals surface area (Å²) in [4.78, 5) is 21.6. The van der Waals surface area contributed by atoms with Gasteiger partial charge in [0.1, 0.15) is 5.52 Å². The number of fused-ring (bicyclic) bond motifs is 3. The average molecular weight is 404 g/mol. The van der Waals surface area contributed by atoms with E-state index in [9.17, 15) is 13.2 Å². The zero-order chi connectivity index (χ0) is 18.5. The van der Waals surface area contributed by atoms with Gasteiger partial charge < -0.3 is 0 Å². The summed E-state index contributed by atoms with van der Waals surface area (Å²) in [5.74, 6) is -0.338. The van der Waals surface area contributed by atoms with Crippen LogP contribution in [0, 0.1) is 6.92 Å². The Balaban J connectivity index is 1.64. The minimum atomic E-state index is -3.29. The molecule has 0 saturated carbocycles. The van der Waals surface area contributed by atoms with E-state index in [1.54, 1.807) is 11.3 Å². The second-order valence-electron chi connectivity index (χ2n) is 5.76. The van der Waals surface area contributed by atoms with Gasteiger partial charge in [-0.1, -0.05) is 11.3 Å².